The fraction of sp³-hybridized carbons (Fsp3) is 0.250. The molecular weight excluding hydrogens is 479 g/mol. The number of hydrogen-bond donors (Lipinski definition) is 0. The molecule has 0 aliphatic carbocycles. The number of methoxy groups -OCH3 is 1. The number of halogens is 3. The number of amides is 1. The van der Waals surface area contributed by atoms with Crippen molar-refractivity contribution in [1.29, 1.82) is 0 Å². The molecule has 1 amide bonds. The predicted octanol–water partition coefficient (Wildman–Crippen LogP) is 4.72. The standard InChI is InChI=1S/C24H20F3N5O2S/c1-31-20(14-6-4-3-5-7-14)15(19-21(31)28-13-29-22(19)34-2)8-9-18(33)32-11-10-16-17(12-32)35-23(30-16)24(25,26)27/h3-9,13H,10-12H2,1-2H3/b9-8+. The van der Waals surface area contributed by atoms with E-state index in [1.807, 2.05) is 41.9 Å². The number of rotatable bonds is 4. The number of fused-ring (bicyclic) bond motifs is 2. The maximum Gasteiger partial charge on any atom is 0.443 e. The Morgan fingerprint density at radius 3 is 2.69 bits per heavy atom. The van der Waals surface area contributed by atoms with Gasteiger partial charge in [0.25, 0.3) is 0 Å². The number of aryl methyl sites for hydroxylation is 1. The predicted molar refractivity (Wildman–Crippen MR) is 126 cm³/mol. The second kappa shape index (κ2) is 8.81. The fourth-order valence-electron chi connectivity index (χ4n) is 4.28. The first-order valence-corrected chi connectivity index (χ1v) is 11.5. The van der Waals surface area contributed by atoms with Gasteiger partial charge in [0.05, 0.1) is 30.4 Å². The summed E-state index contributed by atoms with van der Waals surface area (Å²) in [7, 11) is 3.40. The Hall–Kier alpha value is -3.73. The van der Waals surface area contributed by atoms with Crippen LogP contribution in [0.15, 0.2) is 42.7 Å². The average molecular weight is 500 g/mol. The van der Waals surface area contributed by atoms with E-state index in [-0.39, 0.29) is 18.9 Å². The van der Waals surface area contributed by atoms with E-state index in [9.17, 15) is 18.0 Å². The van der Waals surface area contributed by atoms with Crippen LogP contribution in [0, 0.1) is 0 Å². The molecule has 0 bridgehead atoms. The van der Waals surface area contributed by atoms with Gasteiger partial charge in [0.2, 0.25) is 11.8 Å². The quantitative estimate of drug-likeness (QED) is 0.380. The first-order chi connectivity index (χ1) is 16.8. The molecule has 0 N–H and O–H groups in total. The Labute approximate surface area is 202 Å². The van der Waals surface area contributed by atoms with Crippen LogP contribution in [0.1, 0.15) is 21.1 Å². The van der Waals surface area contributed by atoms with Crippen LogP contribution in [-0.2, 0) is 31.0 Å². The highest BCUT2D eigenvalue weighted by atomic mass is 32.1. The van der Waals surface area contributed by atoms with E-state index in [2.05, 4.69) is 15.0 Å². The molecule has 35 heavy (non-hydrogen) atoms. The first kappa shape index (κ1) is 23.0. The van der Waals surface area contributed by atoms with Gasteiger partial charge in [-0.15, -0.1) is 11.3 Å². The molecule has 0 spiro atoms. The van der Waals surface area contributed by atoms with Crippen molar-refractivity contribution in [3.8, 4) is 17.1 Å². The van der Waals surface area contributed by atoms with Crippen LogP contribution in [0.25, 0.3) is 28.4 Å². The Morgan fingerprint density at radius 2 is 1.97 bits per heavy atom. The lowest BCUT2D eigenvalue weighted by Crippen LogP contribution is -2.34. The van der Waals surface area contributed by atoms with E-state index in [4.69, 9.17) is 4.74 Å². The summed E-state index contributed by atoms with van der Waals surface area (Å²) in [6.45, 7) is 0.393. The summed E-state index contributed by atoms with van der Waals surface area (Å²) < 4.78 is 46.5. The molecule has 0 atom stereocenters. The van der Waals surface area contributed by atoms with Crippen molar-refractivity contribution in [1.82, 2.24) is 24.4 Å². The molecule has 1 aliphatic heterocycles. The van der Waals surface area contributed by atoms with Gasteiger partial charge in [-0.3, -0.25) is 4.79 Å². The second-order valence-electron chi connectivity index (χ2n) is 8.00. The Morgan fingerprint density at radius 1 is 1.20 bits per heavy atom. The summed E-state index contributed by atoms with van der Waals surface area (Å²) in [4.78, 5) is 27.4. The summed E-state index contributed by atoms with van der Waals surface area (Å²) in [5, 5.41) is -0.207. The summed E-state index contributed by atoms with van der Waals surface area (Å²) in [6, 6.07) is 9.68. The van der Waals surface area contributed by atoms with E-state index < -0.39 is 11.2 Å². The van der Waals surface area contributed by atoms with Gasteiger partial charge in [-0.05, 0) is 11.6 Å². The van der Waals surface area contributed by atoms with Crippen molar-refractivity contribution >= 4 is 34.4 Å². The van der Waals surface area contributed by atoms with Crippen LogP contribution in [-0.4, -0.2) is 44.0 Å². The van der Waals surface area contributed by atoms with Crippen LogP contribution in [0.3, 0.4) is 0 Å². The maximum atomic E-state index is 13.1. The summed E-state index contributed by atoms with van der Waals surface area (Å²) in [5.41, 5.74) is 3.54. The van der Waals surface area contributed by atoms with E-state index in [1.54, 1.807) is 6.08 Å². The smallest absolute Gasteiger partial charge is 0.443 e. The zero-order valence-corrected chi connectivity index (χ0v) is 19.7. The number of hydrogen-bond acceptors (Lipinski definition) is 6. The van der Waals surface area contributed by atoms with Crippen LogP contribution >= 0.6 is 11.3 Å². The van der Waals surface area contributed by atoms with Crippen molar-refractivity contribution in [3.63, 3.8) is 0 Å². The Bertz CT molecular complexity index is 1440. The molecule has 3 aromatic heterocycles. The van der Waals surface area contributed by atoms with Gasteiger partial charge in [0, 0.05) is 36.5 Å². The lowest BCUT2D eigenvalue weighted by atomic mass is 10.1. The molecule has 0 radical (unpaired) electrons. The number of carbonyl (C=O) groups is 1. The molecule has 7 nitrogen and oxygen atoms in total. The fourth-order valence-corrected chi connectivity index (χ4v) is 5.27. The minimum atomic E-state index is -4.49. The number of benzene rings is 1. The van der Waals surface area contributed by atoms with Gasteiger partial charge in [-0.2, -0.15) is 13.2 Å². The molecular formula is C24H20F3N5O2S. The maximum absolute atomic E-state index is 13.1. The molecule has 4 aromatic rings. The van der Waals surface area contributed by atoms with Crippen molar-refractivity contribution < 1.29 is 22.7 Å². The molecule has 5 rings (SSSR count). The van der Waals surface area contributed by atoms with Gasteiger partial charge in [-0.1, -0.05) is 30.3 Å². The first-order valence-electron chi connectivity index (χ1n) is 10.7. The second-order valence-corrected chi connectivity index (χ2v) is 9.08. The molecule has 1 aliphatic rings. The third-order valence-corrected chi connectivity index (χ3v) is 7.02. The van der Waals surface area contributed by atoms with Crippen LogP contribution in [0.4, 0.5) is 13.2 Å². The van der Waals surface area contributed by atoms with Crippen molar-refractivity contribution in [3.05, 3.63) is 63.9 Å². The molecule has 0 unspecified atom stereocenters. The normalized spacial score (nSPS) is 14.0. The minimum Gasteiger partial charge on any atom is -0.480 e. The monoisotopic (exact) mass is 499 g/mol. The number of carbonyl (C=O) groups excluding carboxylic acids is 1. The highest BCUT2D eigenvalue weighted by molar-refractivity contribution is 7.11. The van der Waals surface area contributed by atoms with Gasteiger partial charge in [0.15, 0.2) is 5.01 Å². The molecule has 180 valence electrons. The summed E-state index contributed by atoms with van der Waals surface area (Å²) in [6.07, 6.45) is 0.351. The SMILES string of the molecule is COc1ncnc2c1c(/C=C/C(=O)N1CCc3nc(C(F)(F)F)sc3C1)c(-c1ccccc1)n2C. The topological polar surface area (TPSA) is 73.1 Å². The Kier molecular flexibility index (Phi) is 5.79. The number of thiazole rings is 1. The lowest BCUT2D eigenvalue weighted by molar-refractivity contribution is -0.137. The van der Waals surface area contributed by atoms with Crippen molar-refractivity contribution in [2.24, 2.45) is 7.05 Å². The number of ether oxygens (including phenoxy) is 1. The molecule has 0 saturated heterocycles. The zero-order chi connectivity index (χ0) is 24.7. The average Bonchev–Trinajstić information content (AvgIpc) is 3.42. The highest BCUT2D eigenvalue weighted by Crippen LogP contribution is 2.38. The molecule has 11 heteroatoms. The highest BCUT2D eigenvalue weighted by Gasteiger charge is 2.37. The third kappa shape index (κ3) is 4.16. The van der Waals surface area contributed by atoms with Gasteiger partial charge in [-0.25, -0.2) is 15.0 Å². The summed E-state index contributed by atoms with van der Waals surface area (Å²) in [5.74, 6) is 0.0799. The Balaban J connectivity index is 1.51. The van der Waals surface area contributed by atoms with Gasteiger partial charge >= 0.3 is 6.18 Å². The van der Waals surface area contributed by atoms with Crippen LogP contribution in [0.2, 0.25) is 0 Å². The summed E-state index contributed by atoms with van der Waals surface area (Å²) >= 11 is 0.597. The van der Waals surface area contributed by atoms with Gasteiger partial charge in [0.1, 0.15) is 12.0 Å². The molecule has 0 saturated carbocycles. The van der Waals surface area contributed by atoms with Gasteiger partial charge < -0.3 is 14.2 Å². The van der Waals surface area contributed by atoms with Crippen LogP contribution < -0.4 is 4.74 Å². The molecule has 4 heterocycles. The van der Waals surface area contributed by atoms with E-state index in [0.29, 0.717) is 50.9 Å². The number of aromatic nitrogens is 4. The zero-order valence-electron chi connectivity index (χ0n) is 18.8. The van der Waals surface area contributed by atoms with E-state index in [1.165, 1.54) is 24.4 Å². The lowest BCUT2D eigenvalue weighted by Gasteiger charge is -2.24. The molecule has 1 aromatic carbocycles. The number of alkyl halides is 3. The minimum absolute atomic E-state index is 0.0970. The largest absolute Gasteiger partial charge is 0.480 e. The van der Waals surface area contributed by atoms with Crippen molar-refractivity contribution in [2.45, 2.75) is 19.1 Å². The van der Waals surface area contributed by atoms with Crippen LogP contribution in [0.5, 0.6) is 5.88 Å². The van der Waals surface area contributed by atoms with E-state index >= 15 is 0 Å². The third-order valence-electron chi connectivity index (χ3n) is 5.89. The van der Waals surface area contributed by atoms with E-state index in [0.717, 1.165) is 11.3 Å². The van der Waals surface area contributed by atoms with Crippen molar-refractivity contribution in [2.75, 3.05) is 13.7 Å². The molecule has 0 fully saturated rings. The number of nitrogens with zero attached hydrogens (tertiary/aromatic N) is 5.